The predicted octanol–water partition coefficient (Wildman–Crippen LogP) is 3.36. The van der Waals surface area contributed by atoms with Gasteiger partial charge in [0.1, 0.15) is 5.75 Å². The molecule has 3 rings (SSSR count). The third-order valence-electron chi connectivity index (χ3n) is 4.66. The molecule has 3 amide bonds. The van der Waals surface area contributed by atoms with E-state index in [1.807, 2.05) is 32.0 Å². The molecule has 146 valence electrons. The van der Waals surface area contributed by atoms with Gasteiger partial charge in [-0.1, -0.05) is 24.3 Å². The first kappa shape index (κ1) is 19.6. The first-order valence-corrected chi connectivity index (χ1v) is 9.34. The van der Waals surface area contributed by atoms with Gasteiger partial charge in [-0.25, -0.2) is 0 Å². The van der Waals surface area contributed by atoms with Crippen molar-refractivity contribution in [3.63, 3.8) is 0 Å². The van der Waals surface area contributed by atoms with Gasteiger partial charge in [0.25, 0.3) is 0 Å². The maximum absolute atomic E-state index is 12.1. The molecule has 28 heavy (non-hydrogen) atoms. The van der Waals surface area contributed by atoms with Crippen LogP contribution in [0, 0.1) is 13.8 Å². The maximum atomic E-state index is 12.1. The highest BCUT2D eigenvalue weighted by Gasteiger charge is 2.28. The number of imide groups is 1. The number of likely N-dealkylation sites (tertiary alicyclic amines) is 1. The minimum absolute atomic E-state index is 0.133. The maximum Gasteiger partial charge on any atom is 0.229 e. The number of amides is 3. The van der Waals surface area contributed by atoms with Crippen molar-refractivity contribution in [1.82, 2.24) is 4.90 Å². The second kappa shape index (κ2) is 8.69. The molecule has 1 fully saturated rings. The van der Waals surface area contributed by atoms with E-state index in [1.54, 1.807) is 24.3 Å². The highest BCUT2D eigenvalue weighted by molar-refractivity contribution is 6.01. The van der Waals surface area contributed by atoms with Gasteiger partial charge >= 0.3 is 0 Å². The van der Waals surface area contributed by atoms with Gasteiger partial charge in [0.2, 0.25) is 17.7 Å². The van der Waals surface area contributed by atoms with Gasteiger partial charge in [-0.15, -0.1) is 0 Å². The van der Waals surface area contributed by atoms with Crippen molar-refractivity contribution < 1.29 is 19.1 Å². The second-order valence-electron chi connectivity index (χ2n) is 6.99. The number of ether oxygens (including phenoxy) is 1. The Labute approximate surface area is 164 Å². The molecule has 1 N–H and O–H groups in total. The van der Waals surface area contributed by atoms with Crippen LogP contribution < -0.4 is 10.1 Å². The van der Waals surface area contributed by atoms with Crippen molar-refractivity contribution >= 4 is 23.4 Å². The van der Waals surface area contributed by atoms with Gasteiger partial charge in [0, 0.05) is 18.5 Å². The van der Waals surface area contributed by atoms with Crippen molar-refractivity contribution in [2.24, 2.45) is 0 Å². The van der Waals surface area contributed by atoms with Crippen LogP contribution in [0.1, 0.15) is 36.0 Å². The molecule has 0 spiro atoms. The summed E-state index contributed by atoms with van der Waals surface area (Å²) in [7, 11) is 0. The average molecular weight is 380 g/mol. The Morgan fingerprint density at radius 1 is 1.04 bits per heavy atom. The van der Waals surface area contributed by atoms with Gasteiger partial charge in [-0.3, -0.25) is 19.3 Å². The number of aryl methyl sites for hydroxylation is 2. The first-order chi connectivity index (χ1) is 13.4. The summed E-state index contributed by atoms with van der Waals surface area (Å²) >= 11 is 0. The van der Waals surface area contributed by atoms with Crippen molar-refractivity contribution in [3.05, 3.63) is 59.2 Å². The molecule has 0 unspecified atom stereocenters. The lowest BCUT2D eigenvalue weighted by atomic mass is 10.1. The molecule has 2 aromatic carbocycles. The summed E-state index contributed by atoms with van der Waals surface area (Å²) in [4.78, 5) is 36.8. The molecule has 0 aromatic heterocycles. The molecule has 0 saturated carbocycles. The average Bonchev–Trinajstić information content (AvgIpc) is 2.98. The van der Waals surface area contributed by atoms with Crippen LogP contribution in [0.3, 0.4) is 0 Å². The molecule has 1 aliphatic rings. The molecule has 1 saturated heterocycles. The molecule has 6 heteroatoms. The molecule has 0 atom stereocenters. The number of hydrogen-bond donors (Lipinski definition) is 1. The zero-order chi connectivity index (χ0) is 20.1. The predicted molar refractivity (Wildman–Crippen MR) is 106 cm³/mol. The van der Waals surface area contributed by atoms with Crippen molar-refractivity contribution in [2.75, 3.05) is 11.9 Å². The summed E-state index contributed by atoms with van der Waals surface area (Å²) in [5, 5.41) is 2.83. The van der Waals surface area contributed by atoms with Crippen LogP contribution in [-0.2, 0) is 20.9 Å². The fourth-order valence-corrected chi connectivity index (χ4v) is 3.02. The smallest absolute Gasteiger partial charge is 0.229 e. The van der Waals surface area contributed by atoms with Crippen molar-refractivity contribution in [3.8, 4) is 5.75 Å². The highest BCUT2D eigenvalue weighted by Crippen LogP contribution is 2.20. The summed E-state index contributed by atoms with van der Waals surface area (Å²) in [6, 6.07) is 13.1. The monoisotopic (exact) mass is 380 g/mol. The molecule has 6 nitrogen and oxygen atoms in total. The lowest BCUT2D eigenvalue weighted by molar-refractivity contribution is -0.139. The number of nitrogens with zero attached hydrogens (tertiary/aromatic N) is 1. The summed E-state index contributed by atoms with van der Waals surface area (Å²) in [5.41, 5.74) is 3.67. The third kappa shape index (κ3) is 4.97. The minimum atomic E-state index is -0.136. The van der Waals surface area contributed by atoms with E-state index in [2.05, 4.69) is 5.32 Å². The Hall–Kier alpha value is -3.15. The summed E-state index contributed by atoms with van der Waals surface area (Å²) in [5.74, 6) is 0.392. The Morgan fingerprint density at radius 3 is 2.39 bits per heavy atom. The second-order valence-corrected chi connectivity index (χ2v) is 6.99. The molecular weight excluding hydrogens is 356 g/mol. The van der Waals surface area contributed by atoms with Crippen LogP contribution in [0.15, 0.2) is 42.5 Å². The number of rotatable bonds is 7. The number of nitrogens with one attached hydrogen (secondary N) is 1. The van der Waals surface area contributed by atoms with Gasteiger partial charge < -0.3 is 10.1 Å². The Bertz CT molecular complexity index is 874. The van der Waals surface area contributed by atoms with E-state index in [1.165, 1.54) is 4.90 Å². The van der Waals surface area contributed by atoms with Gasteiger partial charge in [-0.05, 0) is 48.7 Å². The Kier molecular flexibility index (Phi) is 6.09. The number of carbonyl (C=O) groups is 3. The number of carbonyl (C=O) groups excluding carboxylic acids is 3. The summed E-state index contributed by atoms with van der Waals surface area (Å²) in [6.45, 7) is 4.54. The zero-order valence-corrected chi connectivity index (χ0v) is 16.2. The first-order valence-electron chi connectivity index (χ1n) is 9.34. The van der Waals surface area contributed by atoms with E-state index in [0.717, 1.165) is 22.4 Å². The number of hydrogen-bond acceptors (Lipinski definition) is 4. The zero-order valence-electron chi connectivity index (χ0n) is 16.2. The molecule has 0 bridgehead atoms. The largest absolute Gasteiger partial charge is 0.493 e. The van der Waals surface area contributed by atoms with Crippen LogP contribution in [0.25, 0.3) is 0 Å². The molecule has 1 heterocycles. The lowest BCUT2D eigenvalue weighted by Crippen LogP contribution is -2.28. The quantitative estimate of drug-likeness (QED) is 0.748. The van der Waals surface area contributed by atoms with Gasteiger partial charge in [0.05, 0.1) is 19.6 Å². The number of benzene rings is 2. The Balaban J connectivity index is 1.47. The molecule has 1 aliphatic heterocycles. The van der Waals surface area contributed by atoms with E-state index in [9.17, 15) is 14.4 Å². The molecular formula is C22H24N2O4. The van der Waals surface area contributed by atoms with E-state index in [-0.39, 0.29) is 43.5 Å². The third-order valence-corrected chi connectivity index (χ3v) is 4.66. The van der Waals surface area contributed by atoms with Crippen LogP contribution >= 0.6 is 0 Å². The fourth-order valence-electron chi connectivity index (χ4n) is 3.02. The fraction of sp³-hybridized carbons (Fsp3) is 0.318. The van der Waals surface area contributed by atoms with Crippen LogP contribution in [0.5, 0.6) is 5.75 Å². The van der Waals surface area contributed by atoms with E-state index in [0.29, 0.717) is 12.3 Å². The Morgan fingerprint density at radius 2 is 1.71 bits per heavy atom. The summed E-state index contributed by atoms with van der Waals surface area (Å²) in [6.07, 6.45) is 0.820. The van der Waals surface area contributed by atoms with Crippen molar-refractivity contribution in [2.45, 2.75) is 39.7 Å². The van der Waals surface area contributed by atoms with Crippen molar-refractivity contribution in [1.29, 1.82) is 0 Å². The standard InChI is InChI=1S/C22H24N2O4/c1-15-3-4-16(2)19(13-15)28-12-11-20(25)23-18-7-5-17(6-8-18)14-24-21(26)9-10-22(24)27/h3-8,13H,9-12,14H2,1-2H3,(H,23,25). The topological polar surface area (TPSA) is 75.7 Å². The van der Waals surface area contributed by atoms with E-state index in [4.69, 9.17) is 4.74 Å². The van der Waals surface area contributed by atoms with Crippen LogP contribution in [0.4, 0.5) is 5.69 Å². The van der Waals surface area contributed by atoms with E-state index < -0.39 is 0 Å². The summed E-state index contributed by atoms with van der Waals surface area (Å²) < 4.78 is 5.71. The van der Waals surface area contributed by atoms with Gasteiger partial charge in [-0.2, -0.15) is 0 Å². The normalized spacial score (nSPS) is 13.7. The minimum Gasteiger partial charge on any atom is -0.493 e. The molecule has 0 aliphatic carbocycles. The lowest BCUT2D eigenvalue weighted by Gasteiger charge is -2.14. The molecule has 2 aromatic rings. The van der Waals surface area contributed by atoms with Gasteiger partial charge in [0.15, 0.2) is 0 Å². The number of anilines is 1. The van der Waals surface area contributed by atoms with Crippen LogP contribution in [-0.4, -0.2) is 29.2 Å². The highest BCUT2D eigenvalue weighted by atomic mass is 16.5. The SMILES string of the molecule is Cc1ccc(C)c(OCCC(=O)Nc2ccc(CN3C(=O)CCC3=O)cc2)c1. The molecule has 0 radical (unpaired) electrons. The van der Waals surface area contributed by atoms with Crippen LogP contribution in [0.2, 0.25) is 0 Å². The van der Waals surface area contributed by atoms with E-state index >= 15 is 0 Å².